The van der Waals surface area contributed by atoms with Crippen molar-refractivity contribution in [1.82, 2.24) is 10.0 Å². The Morgan fingerprint density at radius 2 is 2.00 bits per heavy atom. The first-order valence-electron chi connectivity index (χ1n) is 5.31. The van der Waals surface area contributed by atoms with Gasteiger partial charge in [0.25, 0.3) is 0 Å². The Bertz CT molecular complexity index is 450. The molecule has 0 saturated carbocycles. The Hall–Kier alpha value is -0.180. The standard InChI is InChI=1S/C8H16N2O4S2/c11-15(12)4-2-8(6-15)16(13,14)10-7-1-3-9-5-7/h7-10H,1-6H2/t7-,8?/m1/s1. The van der Waals surface area contributed by atoms with Crippen molar-refractivity contribution >= 4 is 19.9 Å². The molecule has 0 radical (unpaired) electrons. The average molecular weight is 268 g/mol. The highest BCUT2D eigenvalue weighted by Crippen LogP contribution is 2.18. The Morgan fingerprint density at radius 3 is 2.50 bits per heavy atom. The maximum atomic E-state index is 11.9. The zero-order valence-corrected chi connectivity index (χ0v) is 10.5. The molecule has 8 heteroatoms. The van der Waals surface area contributed by atoms with Crippen molar-refractivity contribution in [2.24, 2.45) is 0 Å². The SMILES string of the molecule is O=S1(=O)CCC(S(=O)(=O)N[C@@H]2CCNC2)C1. The van der Waals surface area contributed by atoms with Crippen molar-refractivity contribution in [3.63, 3.8) is 0 Å². The van der Waals surface area contributed by atoms with E-state index in [1.54, 1.807) is 0 Å². The Balaban J connectivity index is 2.02. The van der Waals surface area contributed by atoms with E-state index < -0.39 is 25.1 Å². The monoisotopic (exact) mass is 268 g/mol. The predicted molar refractivity (Wildman–Crippen MR) is 60.4 cm³/mol. The molecule has 2 N–H and O–H groups in total. The molecular weight excluding hydrogens is 252 g/mol. The molecule has 2 fully saturated rings. The minimum atomic E-state index is -3.48. The first kappa shape index (κ1) is 12.3. The van der Waals surface area contributed by atoms with Crippen molar-refractivity contribution < 1.29 is 16.8 Å². The molecule has 2 rings (SSSR count). The third kappa shape index (κ3) is 2.73. The average Bonchev–Trinajstić information content (AvgIpc) is 2.74. The number of rotatable bonds is 3. The molecule has 16 heavy (non-hydrogen) atoms. The smallest absolute Gasteiger partial charge is 0.215 e. The Morgan fingerprint density at radius 1 is 1.25 bits per heavy atom. The molecule has 2 atom stereocenters. The molecule has 0 aromatic rings. The molecule has 2 aliphatic heterocycles. The van der Waals surface area contributed by atoms with E-state index in [0.717, 1.165) is 13.0 Å². The van der Waals surface area contributed by atoms with Crippen LogP contribution in [0.15, 0.2) is 0 Å². The lowest BCUT2D eigenvalue weighted by Gasteiger charge is -2.15. The third-order valence-corrected chi connectivity index (χ3v) is 6.94. The molecule has 0 aliphatic carbocycles. The third-order valence-electron chi connectivity index (χ3n) is 3.02. The van der Waals surface area contributed by atoms with E-state index in [1.807, 2.05) is 0 Å². The van der Waals surface area contributed by atoms with Crippen molar-refractivity contribution in [2.75, 3.05) is 24.6 Å². The second kappa shape index (κ2) is 4.25. The second-order valence-electron chi connectivity index (χ2n) is 4.38. The summed E-state index contributed by atoms with van der Waals surface area (Å²) in [7, 11) is -6.63. The molecule has 2 saturated heterocycles. The summed E-state index contributed by atoms with van der Waals surface area (Å²) in [6.45, 7) is 1.43. The fraction of sp³-hybridized carbons (Fsp3) is 1.00. The summed E-state index contributed by atoms with van der Waals surface area (Å²) in [6, 6.07) is -0.0895. The molecule has 0 aromatic carbocycles. The minimum absolute atomic E-state index is 0.0124. The fourth-order valence-electron chi connectivity index (χ4n) is 2.09. The van der Waals surface area contributed by atoms with Crippen LogP contribution in [0.2, 0.25) is 0 Å². The van der Waals surface area contributed by atoms with Gasteiger partial charge in [-0.25, -0.2) is 21.6 Å². The summed E-state index contributed by atoms with van der Waals surface area (Å²) in [5.74, 6) is -0.246. The van der Waals surface area contributed by atoms with E-state index in [1.165, 1.54) is 0 Å². The largest absolute Gasteiger partial charge is 0.315 e. The van der Waals surface area contributed by atoms with Crippen LogP contribution < -0.4 is 10.0 Å². The van der Waals surface area contributed by atoms with E-state index in [4.69, 9.17) is 0 Å². The van der Waals surface area contributed by atoms with E-state index in [9.17, 15) is 16.8 Å². The molecule has 0 amide bonds. The molecule has 6 nitrogen and oxygen atoms in total. The summed E-state index contributed by atoms with van der Waals surface area (Å²) in [5.41, 5.74) is 0. The topological polar surface area (TPSA) is 92.3 Å². The molecule has 0 aromatic heterocycles. The second-order valence-corrected chi connectivity index (χ2v) is 8.60. The van der Waals surface area contributed by atoms with Crippen LogP contribution in [0.5, 0.6) is 0 Å². The van der Waals surface area contributed by atoms with Crippen LogP contribution in [0, 0.1) is 0 Å². The van der Waals surface area contributed by atoms with Gasteiger partial charge in [-0.1, -0.05) is 0 Å². The fourth-order valence-corrected chi connectivity index (χ4v) is 6.41. The van der Waals surface area contributed by atoms with Gasteiger partial charge in [0.1, 0.15) is 0 Å². The number of hydrogen-bond acceptors (Lipinski definition) is 5. The molecule has 94 valence electrons. The molecular formula is C8H16N2O4S2. The summed E-state index contributed by atoms with van der Waals surface area (Å²) < 4.78 is 48.8. The maximum absolute atomic E-state index is 11.9. The number of nitrogens with one attached hydrogen (secondary N) is 2. The highest BCUT2D eigenvalue weighted by molar-refractivity contribution is 7.95. The highest BCUT2D eigenvalue weighted by atomic mass is 32.2. The lowest BCUT2D eigenvalue weighted by atomic mass is 10.3. The van der Waals surface area contributed by atoms with E-state index >= 15 is 0 Å². The van der Waals surface area contributed by atoms with Gasteiger partial charge in [0.05, 0.1) is 16.8 Å². The lowest BCUT2D eigenvalue weighted by Crippen LogP contribution is -2.42. The number of hydrogen-bond donors (Lipinski definition) is 2. The van der Waals surface area contributed by atoms with Gasteiger partial charge in [-0.3, -0.25) is 0 Å². The van der Waals surface area contributed by atoms with Gasteiger partial charge in [-0.2, -0.15) is 0 Å². The van der Waals surface area contributed by atoms with E-state index in [-0.39, 0.29) is 24.0 Å². The Labute approximate surface area is 95.8 Å². The minimum Gasteiger partial charge on any atom is -0.315 e. The molecule has 0 spiro atoms. The van der Waals surface area contributed by atoms with Crippen LogP contribution in [0.1, 0.15) is 12.8 Å². The summed E-state index contributed by atoms with van der Waals surface area (Å²) >= 11 is 0. The van der Waals surface area contributed by atoms with Crippen LogP contribution in [0.4, 0.5) is 0 Å². The first-order chi connectivity index (χ1) is 7.39. The van der Waals surface area contributed by atoms with Crippen LogP contribution >= 0.6 is 0 Å². The lowest BCUT2D eigenvalue weighted by molar-refractivity contribution is 0.548. The van der Waals surface area contributed by atoms with Crippen molar-refractivity contribution in [2.45, 2.75) is 24.1 Å². The molecule has 1 unspecified atom stereocenters. The van der Waals surface area contributed by atoms with Gasteiger partial charge >= 0.3 is 0 Å². The summed E-state index contributed by atoms with van der Waals surface area (Å²) in [6.07, 6.45) is 0.983. The van der Waals surface area contributed by atoms with Gasteiger partial charge in [-0.15, -0.1) is 0 Å². The summed E-state index contributed by atoms with van der Waals surface area (Å²) in [5, 5.41) is 2.29. The highest BCUT2D eigenvalue weighted by Gasteiger charge is 2.38. The van der Waals surface area contributed by atoms with Gasteiger partial charge in [0.15, 0.2) is 9.84 Å². The predicted octanol–water partition coefficient (Wildman–Crippen LogP) is -1.55. The zero-order chi connectivity index (χ0) is 11.8. The first-order valence-corrected chi connectivity index (χ1v) is 8.68. The van der Waals surface area contributed by atoms with Gasteiger partial charge in [0, 0.05) is 12.6 Å². The Kier molecular flexibility index (Phi) is 3.26. The zero-order valence-electron chi connectivity index (χ0n) is 8.85. The number of sulfonamides is 1. The molecule has 2 heterocycles. The normalized spacial score (nSPS) is 34.2. The van der Waals surface area contributed by atoms with Crippen LogP contribution in [-0.4, -0.2) is 52.7 Å². The number of sulfone groups is 1. The van der Waals surface area contributed by atoms with Crippen LogP contribution in [0.25, 0.3) is 0 Å². The van der Waals surface area contributed by atoms with Gasteiger partial charge < -0.3 is 5.32 Å². The van der Waals surface area contributed by atoms with Gasteiger partial charge in [0.2, 0.25) is 10.0 Å². The molecule has 2 aliphatic rings. The van der Waals surface area contributed by atoms with E-state index in [0.29, 0.717) is 6.54 Å². The van der Waals surface area contributed by atoms with Crippen LogP contribution in [0.3, 0.4) is 0 Å². The maximum Gasteiger partial charge on any atom is 0.215 e. The van der Waals surface area contributed by atoms with Crippen molar-refractivity contribution in [3.8, 4) is 0 Å². The quantitative estimate of drug-likeness (QED) is 0.647. The van der Waals surface area contributed by atoms with Crippen molar-refractivity contribution in [1.29, 1.82) is 0 Å². The molecule has 0 bridgehead atoms. The summed E-state index contributed by atoms with van der Waals surface area (Å²) in [4.78, 5) is 0. The van der Waals surface area contributed by atoms with Crippen LogP contribution in [-0.2, 0) is 19.9 Å². The van der Waals surface area contributed by atoms with Crippen molar-refractivity contribution in [3.05, 3.63) is 0 Å². The van der Waals surface area contributed by atoms with Gasteiger partial charge in [-0.05, 0) is 19.4 Å². The van der Waals surface area contributed by atoms with E-state index in [2.05, 4.69) is 10.0 Å².